The Balaban J connectivity index is 1.99. The van der Waals surface area contributed by atoms with Crippen LogP contribution < -0.4 is 10.3 Å². The maximum Gasteiger partial charge on any atom is 0.0564 e. The molecular formula is C16H19N3. The first kappa shape index (κ1) is 13.1. The van der Waals surface area contributed by atoms with Gasteiger partial charge in [-0.05, 0) is 42.3 Å². The van der Waals surface area contributed by atoms with Crippen molar-refractivity contribution in [3.63, 3.8) is 0 Å². The minimum Gasteiger partial charge on any atom is -0.378 e. The van der Waals surface area contributed by atoms with Crippen molar-refractivity contribution >= 4 is 17.6 Å². The van der Waals surface area contributed by atoms with Crippen LogP contribution in [-0.2, 0) is 0 Å². The summed E-state index contributed by atoms with van der Waals surface area (Å²) in [4.78, 5) is 2.08. The van der Waals surface area contributed by atoms with Crippen LogP contribution in [0.4, 0.5) is 11.4 Å². The zero-order chi connectivity index (χ0) is 13.7. The van der Waals surface area contributed by atoms with Gasteiger partial charge < -0.3 is 4.90 Å². The molecule has 3 heteroatoms. The number of hydrogen-bond donors (Lipinski definition) is 1. The fraction of sp³-hybridized carbons (Fsp3) is 0.188. The number of benzene rings is 2. The van der Waals surface area contributed by atoms with Crippen molar-refractivity contribution in [3.8, 4) is 0 Å². The monoisotopic (exact) mass is 253 g/mol. The Morgan fingerprint density at radius 1 is 1.05 bits per heavy atom. The predicted octanol–water partition coefficient (Wildman–Crippen LogP) is 3.51. The average Bonchev–Trinajstić information content (AvgIpc) is 2.39. The first-order valence-electron chi connectivity index (χ1n) is 6.28. The summed E-state index contributed by atoms with van der Waals surface area (Å²) in [6, 6.07) is 16.4. The van der Waals surface area contributed by atoms with Crippen LogP contribution in [0.1, 0.15) is 11.1 Å². The third kappa shape index (κ3) is 3.85. The van der Waals surface area contributed by atoms with E-state index in [1.807, 2.05) is 32.4 Å². The van der Waals surface area contributed by atoms with Gasteiger partial charge in [0.1, 0.15) is 0 Å². The van der Waals surface area contributed by atoms with Crippen molar-refractivity contribution in [2.24, 2.45) is 5.10 Å². The second-order valence-corrected chi connectivity index (χ2v) is 4.73. The standard InChI is InChI=1S/C16H19N3/c1-13-5-4-6-15(11-13)18-17-12-14-7-9-16(10-8-14)19(2)3/h4-12,18H,1-3H3/b17-12+. The van der Waals surface area contributed by atoms with Crippen LogP contribution in [0.2, 0.25) is 0 Å². The molecule has 1 N–H and O–H groups in total. The third-order valence-electron chi connectivity index (χ3n) is 2.83. The molecule has 0 aromatic heterocycles. The van der Waals surface area contributed by atoms with E-state index in [4.69, 9.17) is 0 Å². The first-order valence-corrected chi connectivity index (χ1v) is 6.28. The van der Waals surface area contributed by atoms with Gasteiger partial charge in [-0.15, -0.1) is 0 Å². The lowest BCUT2D eigenvalue weighted by Gasteiger charge is -2.11. The molecule has 0 heterocycles. The molecule has 0 aliphatic heterocycles. The van der Waals surface area contributed by atoms with E-state index in [1.165, 1.54) is 11.3 Å². The second-order valence-electron chi connectivity index (χ2n) is 4.73. The lowest BCUT2D eigenvalue weighted by molar-refractivity contribution is 1.13. The highest BCUT2D eigenvalue weighted by atomic mass is 15.3. The molecule has 0 fully saturated rings. The van der Waals surface area contributed by atoms with Crippen LogP contribution >= 0.6 is 0 Å². The number of aryl methyl sites for hydroxylation is 1. The largest absolute Gasteiger partial charge is 0.378 e. The van der Waals surface area contributed by atoms with Crippen LogP contribution in [0, 0.1) is 6.92 Å². The summed E-state index contributed by atoms with van der Waals surface area (Å²) >= 11 is 0. The molecule has 0 unspecified atom stereocenters. The highest BCUT2D eigenvalue weighted by molar-refractivity contribution is 5.80. The molecule has 0 saturated carbocycles. The summed E-state index contributed by atoms with van der Waals surface area (Å²) in [7, 11) is 4.06. The first-order chi connectivity index (χ1) is 9.15. The molecule has 2 aromatic carbocycles. The normalized spacial score (nSPS) is 10.7. The number of nitrogens with one attached hydrogen (secondary N) is 1. The molecule has 0 saturated heterocycles. The molecule has 0 aliphatic carbocycles. The maximum absolute atomic E-state index is 4.24. The second kappa shape index (κ2) is 6.05. The molecule has 0 amide bonds. The van der Waals surface area contributed by atoms with Gasteiger partial charge >= 0.3 is 0 Å². The van der Waals surface area contributed by atoms with Crippen LogP contribution in [-0.4, -0.2) is 20.3 Å². The SMILES string of the molecule is Cc1cccc(N/N=C/c2ccc(N(C)C)cc2)c1. The van der Waals surface area contributed by atoms with Crippen molar-refractivity contribution in [3.05, 3.63) is 59.7 Å². The van der Waals surface area contributed by atoms with Crippen LogP contribution in [0.15, 0.2) is 53.6 Å². The molecular weight excluding hydrogens is 234 g/mol. The van der Waals surface area contributed by atoms with Gasteiger partial charge in [0.25, 0.3) is 0 Å². The molecule has 0 aliphatic rings. The Bertz CT molecular complexity index is 556. The molecule has 98 valence electrons. The number of anilines is 2. The van der Waals surface area contributed by atoms with E-state index >= 15 is 0 Å². The van der Waals surface area contributed by atoms with Gasteiger partial charge in [0.2, 0.25) is 0 Å². The minimum atomic E-state index is 1.00. The highest BCUT2D eigenvalue weighted by Crippen LogP contribution is 2.12. The van der Waals surface area contributed by atoms with Crippen molar-refractivity contribution < 1.29 is 0 Å². The fourth-order valence-electron chi connectivity index (χ4n) is 1.75. The number of hydrazone groups is 1. The number of nitrogens with zero attached hydrogens (tertiary/aromatic N) is 2. The smallest absolute Gasteiger partial charge is 0.0564 e. The summed E-state index contributed by atoms with van der Waals surface area (Å²) < 4.78 is 0. The quantitative estimate of drug-likeness (QED) is 0.667. The van der Waals surface area contributed by atoms with Crippen LogP contribution in [0.5, 0.6) is 0 Å². The molecule has 0 atom stereocenters. The average molecular weight is 253 g/mol. The summed E-state index contributed by atoms with van der Waals surface area (Å²) in [5.41, 5.74) is 7.51. The number of rotatable bonds is 4. The molecule has 2 rings (SSSR count). The Kier molecular flexibility index (Phi) is 4.18. The highest BCUT2D eigenvalue weighted by Gasteiger charge is 1.94. The fourth-order valence-corrected chi connectivity index (χ4v) is 1.75. The molecule has 0 radical (unpaired) electrons. The van der Waals surface area contributed by atoms with Gasteiger partial charge in [0.15, 0.2) is 0 Å². The van der Waals surface area contributed by atoms with Gasteiger partial charge in [-0.3, -0.25) is 5.43 Å². The molecule has 3 nitrogen and oxygen atoms in total. The molecule has 2 aromatic rings. The minimum absolute atomic E-state index is 1.00. The van der Waals surface area contributed by atoms with E-state index in [2.05, 4.69) is 58.7 Å². The van der Waals surface area contributed by atoms with Gasteiger partial charge in [-0.2, -0.15) is 5.10 Å². The van der Waals surface area contributed by atoms with Gasteiger partial charge in [-0.25, -0.2) is 0 Å². The summed E-state index contributed by atoms with van der Waals surface area (Å²) in [5.74, 6) is 0. The lowest BCUT2D eigenvalue weighted by Crippen LogP contribution is -2.08. The van der Waals surface area contributed by atoms with Crippen LogP contribution in [0.25, 0.3) is 0 Å². The Morgan fingerprint density at radius 2 is 1.79 bits per heavy atom. The Labute approximate surface area is 114 Å². The molecule has 0 bridgehead atoms. The number of hydrogen-bond acceptors (Lipinski definition) is 3. The Hall–Kier alpha value is -2.29. The summed E-state index contributed by atoms with van der Waals surface area (Å²) in [6.07, 6.45) is 1.82. The predicted molar refractivity (Wildman–Crippen MR) is 83.2 cm³/mol. The van der Waals surface area contributed by atoms with Gasteiger partial charge in [0.05, 0.1) is 11.9 Å². The maximum atomic E-state index is 4.24. The third-order valence-corrected chi connectivity index (χ3v) is 2.83. The van der Waals surface area contributed by atoms with Crippen molar-refractivity contribution in [1.82, 2.24) is 0 Å². The van der Waals surface area contributed by atoms with Crippen molar-refractivity contribution in [2.45, 2.75) is 6.92 Å². The van der Waals surface area contributed by atoms with Gasteiger partial charge in [-0.1, -0.05) is 24.3 Å². The van der Waals surface area contributed by atoms with E-state index in [-0.39, 0.29) is 0 Å². The van der Waals surface area contributed by atoms with E-state index in [0.717, 1.165) is 11.3 Å². The lowest BCUT2D eigenvalue weighted by atomic mass is 10.2. The van der Waals surface area contributed by atoms with E-state index < -0.39 is 0 Å². The van der Waals surface area contributed by atoms with E-state index in [0.29, 0.717) is 0 Å². The summed E-state index contributed by atoms with van der Waals surface area (Å²) in [5, 5.41) is 4.24. The topological polar surface area (TPSA) is 27.6 Å². The van der Waals surface area contributed by atoms with Gasteiger partial charge in [0, 0.05) is 19.8 Å². The molecule has 0 spiro atoms. The zero-order valence-corrected chi connectivity index (χ0v) is 11.6. The van der Waals surface area contributed by atoms with Crippen molar-refractivity contribution in [2.75, 3.05) is 24.4 Å². The van der Waals surface area contributed by atoms with E-state index in [1.54, 1.807) is 0 Å². The van der Waals surface area contributed by atoms with Crippen molar-refractivity contribution in [1.29, 1.82) is 0 Å². The zero-order valence-electron chi connectivity index (χ0n) is 11.6. The van der Waals surface area contributed by atoms with E-state index in [9.17, 15) is 0 Å². The van der Waals surface area contributed by atoms with Crippen LogP contribution in [0.3, 0.4) is 0 Å². The Morgan fingerprint density at radius 3 is 2.42 bits per heavy atom. The summed E-state index contributed by atoms with van der Waals surface area (Å²) in [6.45, 7) is 2.06. The molecule has 19 heavy (non-hydrogen) atoms.